The van der Waals surface area contributed by atoms with Crippen LogP contribution in [0.2, 0.25) is 0 Å². The molecule has 0 aliphatic rings. The van der Waals surface area contributed by atoms with Crippen LogP contribution in [0.4, 0.5) is 0 Å². The predicted octanol–water partition coefficient (Wildman–Crippen LogP) is 4.54. The minimum Gasteiger partial charge on any atom is -0.490 e. The number of rotatable bonds is 7. The molecule has 0 fully saturated rings. The zero-order valence-electron chi connectivity index (χ0n) is 13.5. The van der Waals surface area contributed by atoms with E-state index in [1.165, 1.54) is 11.1 Å². The van der Waals surface area contributed by atoms with Gasteiger partial charge >= 0.3 is 0 Å². The summed E-state index contributed by atoms with van der Waals surface area (Å²) in [5.41, 5.74) is 9.21. The molecule has 0 saturated carbocycles. The van der Waals surface area contributed by atoms with Gasteiger partial charge in [0.1, 0.15) is 5.75 Å². The fourth-order valence-electron chi connectivity index (χ4n) is 2.32. The maximum Gasteiger partial charge on any atom is 0.126 e. The van der Waals surface area contributed by atoms with Crippen LogP contribution in [0, 0.1) is 0 Å². The van der Waals surface area contributed by atoms with Gasteiger partial charge in [0, 0.05) is 5.56 Å². The monoisotopic (exact) mass is 295 g/mol. The second-order valence-corrected chi connectivity index (χ2v) is 5.68. The lowest BCUT2D eigenvalue weighted by Crippen LogP contribution is -2.06. The lowest BCUT2D eigenvalue weighted by atomic mass is 10.1. The first-order valence-corrected chi connectivity index (χ1v) is 7.92. The van der Waals surface area contributed by atoms with Crippen molar-refractivity contribution in [2.45, 2.75) is 32.8 Å². The summed E-state index contributed by atoms with van der Waals surface area (Å²) in [6, 6.07) is 16.7. The van der Waals surface area contributed by atoms with E-state index in [4.69, 9.17) is 10.5 Å². The molecule has 0 atom stereocenters. The van der Waals surface area contributed by atoms with Crippen molar-refractivity contribution in [3.63, 3.8) is 0 Å². The molecular weight excluding hydrogens is 270 g/mol. The Hall–Kier alpha value is -2.06. The average Bonchev–Trinajstić information content (AvgIpc) is 2.52. The highest BCUT2D eigenvalue weighted by atomic mass is 16.5. The summed E-state index contributed by atoms with van der Waals surface area (Å²) in [7, 11) is 0. The molecular formula is C20H25NO. The molecule has 2 heteroatoms. The molecule has 2 aromatic carbocycles. The number of benzene rings is 2. The molecule has 116 valence electrons. The lowest BCUT2D eigenvalue weighted by molar-refractivity contribution is 0.242. The van der Waals surface area contributed by atoms with Gasteiger partial charge in [0.15, 0.2) is 0 Å². The van der Waals surface area contributed by atoms with E-state index in [2.05, 4.69) is 42.5 Å². The van der Waals surface area contributed by atoms with Crippen molar-refractivity contribution in [3.05, 3.63) is 65.2 Å². The Kier molecular flexibility index (Phi) is 6.23. The van der Waals surface area contributed by atoms with E-state index >= 15 is 0 Å². The van der Waals surface area contributed by atoms with Gasteiger partial charge in [-0.15, -0.1) is 0 Å². The van der Waals surface area contributed by atoms with Gasteiger partial charge in [0.25, 0.3) is 0 Å². The van der Waals surface area contributed by atoms with Gasteiger partial charge in [0.2, 0.25) is 0 Å². The number of ether oxygens (including phenoxy) is 1. The number of para-hydroxylation sites is 1. The smallest absolute Gasteiger partial charge is 0.126 e. The maximum atomic E-state index is 5.85. The second kappa shape index (κ2) is 8.40. The molecule has 2 aromatic rings. The van der Waals surface area contributed by atoms with Crippen LogP contribution in [0.15, 0.2) is 48.5 Å². The van der Waals surface area contributed by atoms with Crippen LogP contribution in [0.3, 0.4) is 0 Å². The van der Waals surface area contributed by atoms with E-state index < -0.39 is 0 Å². The molecule has 0 aliphatic carbocycles. The quantitative estimate of drug-likeness (QED) is 0.761. The van der Waals surface area contributed by atoms with Gasteiger partial charge in [-0.05, 0) is 50.4 Å². The molecule has 2 N–H and O–H groups in total. The van der Waals surface area contributed by atoms with Crippen molar-refractivity contribution < 1.29 is 4.74 Å². The third kappa shape index (κ3) is 5.05. The first-order valence-electron chi connectivity index (χ1n) is 7.92. The van der Waals surface area contributed by atoms with Gasteiger partial charge in [-0.3, -0.25) is 0 Å². The first kappa shape index (κ1) is 16.3. The number of aryl methyl sites for hydroxylation is 1. The highest BCUT2D eigenvalue weighted by molar-refractivity contribution is 5.72. The van der Waals surface area contributed by atoms with Crippen LogP contribution in [0.5, 0.6) is 5.75 Å². The van der Waals surface area contributed by atoms with Crippen LogP contribution in [0.1, 0.15) is 37.0 Å². The Balaban J connectivity index is 2.15. The minimum absolute atomic E-state index is 0.175. The average molecular weight is 295 g/mol. The van der Waals surface area contributed by atoms with Gasteiger partial charge < -0.3 is 10.5 Å². The van der Waals surface area contributed by atoms with Crippen molar-refractivity contribution in [1.29, 1.82) is 0 Å². The summed E-state index contributed by atoms with van der Waals surface area (Å²) in [6.45, 7) is 4.82. The molecule has 0 bridgehead atoms. The van der Waals surface area contributed by atoms with E-state index in [1.807, 2.05) is 32.0 Å². The van der Waals surface area contributed by atoms with Gasteiger partial charge in [-0.2, -0.15) is 0 Å². The molecule has 0 unspecified atom stereocenters. The Morgan fingerprint density at radius 2 is 1.86 bits per heavy atom. The SMILES string of the molecule is CC(C)Oc1ccccc1C=Cc1cccc(CCCN)c1. The third-order valence-corrected chi connectivity index (χ3v) is 3.36. The number of nitrogens with two attached hydrogens (primary N) is 1. The van der Waals surface area contributed by atoms with Crippen molar-refractivity contribution in [3.8, 4) is 5.75 Å². The normalized spacial score (nSPS) is 11.3. The fourth-order valence-corrected chi connectivity index (χ4v) is 2.32. The van der Waals surface area contributed by atoms with Crippen molar-refractivity contribution >= 4 is 12.2 Å². The summed E-state index contributed by atoms with van der Waals surface area (Å²) < 4.78 is 5.85. The topological polar surface area (TPSA) is 35.2 Å². The lowest BCUT2D eigenvalue weighted by Gasteiger charge is -2.12. The van der Waals surface area contributed by atoms with Gasteiger partial charge in [0.05, 0.1) is 6.10 Å². The molecule has 0 amide bonds. The summed E-state index contributed by atoms with van der Waals surface area (Å²) in [5.74, 6) is 0.924. The molecule has 0 heterocycles. The second-order valence-electron chi connectivity index (χ2n) is 5.68. The van der Waals surface area contributed by atoms with E-state index in [-0.39, 0.29) is 6.10 Å². The summed E-state index contributed by atoms with van der Waals surface area (Å²) in [5, 5.41) is 0. The molecule has 0 aliphatic heterocycles. The maximum absolute atomic E-state index is 5.85. The van der Waals surface area contributed by atoms with Gasteiger partial charge in [-0.1, -0.05) is 54.6 Å². The van der Waals surface area contributed by atoms with Crippen molar-refractivity contribution in [1.82, 2.24) is 0 Å². The first-order chi connectivity index (χ1) is 10.7. The molecule has 0 spiro atoms. The molecule has 2 rings (SSSR count). The Labute approximate surface area is 133 Å². The molecule has 22 heavy (non-hydrogen) atoms. The predicted molar refractivity (Wildman–Crippen MR) is 95.0 cm³/mol. The summed E-state index contributed by atoms with van der Waals surface area (Å²) in [6.07, 6.45) is 6.48. The van der Waals surface area contributed by atoms with Gasteiger partial charge in [-0.25, -0.2) is 0 Å². The minimum atomic E-state index is 0.175. The zero-order chi connectivity index (χ0) is 15.8. The molecule has 0 aromatic heterocycles. The number of hydrogen-bond acceptors (Lipinski definition) is 2. The highest BCUT2D eigenvalue weighted by Crippen LogP contribution is 2.22. The Morgan fingerprint density at radius 3 is 2.64 bits per heavy atom. The summed E-state index contributed by atoms with van der Waals surface area (Å²) >= 11 is 0. The van der Waals surface area contributed by atoms with Crippen LogP contribution < -0.4 is 10.5 Å². The third-order valence-electron chi connectivity index (χ3n) is 3.36. The van der Waals surface area contributed by atoms with E-state index in [1.54, 1.807) is 0 Å². The summed E-state index contributed by atoms with van der Waals surface area (Å²) in [4.78, 5) is 0. The van der Waals surface area contributed by atoms with E-state index in [0.717, 1.165) is 30.7 Å². The van der Waals surface area contributed by atoms with Crippen molar-refractivity contribution in [2.75, 3.05) is 6.54 Å². The Bertz CT molecular complexity index is 617. The largest absolute Gasteiger partial charge is 0.490 e. The van der Waals surface area contributed by atoms with Crippen LogP contribution in [-0.2, 0) is 6.42 Å². The fraction of sp³-hybridized carbons (Fsp3) is 0.300. The standard InChI is InChI=1S/C20H25NO/c1-16(2)22-20-11-4-3-10-19(20)13-12-18-8-5-7-17(15-18)9-6-14-21/h3-5,7-8,10-13,15-16H,6,9,14,21H2,1-2H3. The molecule has 0 saturated heterocycles. The molecule has 0 radical (unpaired) electrons. The van der Waals surface area contributed by atoms with Crippen LogP contribution in [0.25, 0.3) is 12.2 Å². The van der Waals surface area contributed by atoms with Crippen molar-refractivity contribution in [2.24, 2.45) is 5.73 Å². The highest BCUT2D eigenvalue weighted by Gasteiger charge is 2.02. The number of hydrogen-bond donors (Lipinski definition) is 1. The molecule has 2 nitrogen and oxygen atoms in total. The van der Waals surface area contributed by atoms with Crippen LogP contribution in [-0.4, -0.2) is 12.6 Å². The zero-order valence-corrected chi connectivity index (χ0v) is 13.5. The van der Waals surface area contributed by atoms with Crippen LogP contribution >= 0.6 is 0 Å². The Morgan fingerprint density at radius 1 is 1.05 bits per heavy atom. The van der Waals surface area contributed by atoms with E-state index in [9.17, 15) is 0 Å². The van der Waals surface area contributed by atoms with E-state index in [0.29, 0.717) is 0 Å².